The number of ether oxygens (including phenoxy) is 1. The van der Waals surface area contributed by atoms with E-state index in [4.69, 9.17) is 4.74 Å². The molecule has 0 fully saturated rings. The number of methoxy groups -OCH3 is 1. The van der Waals surface area contributed by atoms with E-state index in [0.29, 0.717) is 22.7 Å². The number of fused-ring (bicyclic) bond motifs is 2. The van der Waals surface area contributed by atoms with Crippen molar-refractivity contribution in [2.75, 3.05) is 32.1 Å². The molecule has 9 heteroatoms. The lowest BCUT2D eigenvalue weighted by molar-refractivity contribution is 0.102. The Labute approximate surface area is 179 Å². The molecule has 0 atom stereocenters. The van der Waals surface area contributed by atoms with E-state index in [2.05, 4.69) is 42.3 Å². The van der Waals surface area contributed by atoms with Gasteiger partial charge in [-0.15, -0.1) is 0 Å². The fourth-order valence-corrected chi connectivity index (χ4v) is 3.88. The SMILES string of the molecule is COCCN1CCc2cc(NC(=O)c3nc(-n4ccnc4)nc4cc[nH]c34)ccc2C1. The predicted octanol–water partition coefficient (Wildman–Crippen LogP) is 2.40. The van der Waals surface area contributed by atoms with Gasteiger partial charge in [-0.05, 0) is 35.7 Å². The van der Waals surface area contributed by atoms with E-state index in [0.717, 1.165) is 38.3 Å². The van der Waals surface area contributed by atoms with Crippen molar-refractivity contribution in [1.82, 2.24) is 29.4 Å². The van der Waals surface area contributed by atoms with Crippen LogP contribution in [-0.4, -0.2) is 62.1 Å². The molecule has 3 aromatic heterocycles. The molecule has 1 aliphatic rings. The average molecular weight is 417 g/mol. The fourth-order valence-electron chi connectivity index (χ4n) is 3.88. The van der Waals surface area contributed by atoms with Gasteiger partial charge in [0.2, 0.25) is 5.95 Å². The number of nitrogens with one attached hydrogen (secondary N) is 2. The van der Waals surface area contributed by atoms with E-state index < -0.39 is 0 Å². The second kappa shape index (κ2) is 8.29. The van der Waals surface area contributed by atoms with Crippen LogP contribution in [0, 0.1) is 0 Å². The molecule has 4 aromatic rings. The Kier molecular flexibility index (Phi) is 5.19. The first-order chi connectivity index (χ1) is 15.2. The Morgan fingerprint density at radius 2 is 2.19 bits per heavy atom. The Morgan fingerprint density at radius 1 is 1.26 bits per heavy atom. The molecule has 31 heavy (non-hydrogen) atoms. The topological polar surface area (TPSA) is 101 Å². The summed E-state index contributed by atoms with van der Waals surface area (Å²) < 4.78 is 6.87. The molecule has 5 rings (SSSR count). The number of H-pyrrole nitrogens is 1. The van der Waals surface area contributed by atoms with Crippen LogP contribution in [0.2, 0.25) is 0 Å². The van der Waals surface area contributed by atoms with Crippen LogP contribution in [0.25, 0.3) is 17.0 Å². The summed E-state index contributed by atoms with van der Waals surface area (Å²) in [6.07, 6.45) is 7.70. The molecule has 1 amide bonds. The van der Waals surface area contributed by atoms with Gasteiger partial charge in [-0.25, -0.2) is 15.0 Å². The minimum atomic E-state index is -0.284. The number of benzene rings is 1. The lowest BCUT2D eigenvalue weighted by atomic mass is 9.99. The number of imidazole rings is 1. The van der Waals surface area contributed by atoms with Crippen molar-refractivity contribution in [3.05, 3.63) is 66.0 Å². The number of anilines is 1. The number of aromatic amines is 1. The van der Waals surface area contributed by atoms with Crippen molar-refractivity contribution in [3.63, 3.8) is 0 Å². The van der Waals surface area contributed by atoms with Gasteiger partial charge in [-0.1, -0.05) is 6.07 Å². The summed E-state index contributed by atoms with van der Waals surface area (Å²) in [5.74, 6) is 0.116. The molecular weight excluding hydrogens is 394 g/mol. The second-order valence-electron chi connectivity index (χ2n) is 7.54. The number of hydrogen-bond acceptors (Lipinski definition) is 6. The highest BCUT2D eigenvalue weighted by molar-refractivity contribution is 6.10. The number of aromatic nitrogens is 5. The van der Waals surface area contributed by atoms with E-state index in [-0.39, 0.29) is 5.91 Å². The molecule has 158 valence electrons. The zero-order valence-corrected chi connectivity index (χ0v) is 17.2. The smallest absolute Gasteiger partial charge is 0.276 e. The normalized spacial score (nSPS) is 14.0. The Hall–Kier alpha value is -3.56. The summed E-state index contributed by atoms with van der Waals surface area (Å²) >= 11 is 0. The number of nitrogens with zero attached hydrogens (tertiary/aromatic N) is 5. The van der Waals surface area contributed by atoms with E-state index in [1.165, 1.54) is 11.1 Å². The van der Waals surface area contributed by atoms with Crippen molar-refractivity contribution in [1.29, 1.82) is 0 Å². The van der Waals surface area contributed by atoms with Gasteiger partial charge in [0.25, 0.3) is 5.91 Å². The molecule has 0 saturated heterocycles. The minimum absolute atomic E-state index is 0.284. The molecule has 0 radical (unpaired) electrons. The molecule has 1 aliphatic heterocycles. The van der Waals surface area contributed by atoms with Crippen LogP contribution in [0.4, 0.5) is 5.69 Å². The zero-order chi connectivity index (χ0) is 21.2. The third-order valence-corrected chi connectivity index (χ3v) is 5.51. The molecule has 9 nitrogen and oxygen atoms in total. The maximum absolute atomic E-state index is 13.1. The van der Waals surface area contributed by atoms with Crippen LogP contribution in [0.5, 0.6) is 0 Å². The van der Waals surface area contributed by atoms with E-state index >= 15 is 0 Å². The van der Waals surface area contributed by atoms with Gasteiger partial charge in [0.1, 0.15) is 6.33 Å². The van der Waals surface area contributed by atoms with Crippen molar-refractivity contribution in [2.45, 2.75) is 13.0 Å². The number of hydrogen-bond donors (Lipinski definition) is 2. The highest BCUT2D eigenvalue weighted by Gasteiger charge is 2.19. The summed E-state index contributed by atoms with van der Waals surface area (Å²) in [7, 11) is 1.73. The maximum atomic E-state index is 13.1. The van der Waals surface area contributed by atoms with E-state index in [1.54, 1.807) is 36.6 Å². The highest BCUT2D eigenvalue weighted by atomic mass is 16.5. The number of amides is 1. The highest BCUT2D eigenvalue weighted by Crippen LogP contribution is 2.24. The van der Waals surface area contributed by atoms with Crippen LogP contribution < -0.4 is 5.32 Å². The fraction of sp³-hybridized carbons (Fsp3) is 0.273. The molecule has 0 bridgehead atoms. The zero-order valence-electron chi connectivity index (χ0n) is 17.2. The average Bonchev–Trinajstić information content (AvgIpc) is 3.48. The molecule has 1 aromatic carbocycles. The van der Waals surface area contributed by atoms with Gasteiger partial charge in [0.05, 0.1) is 17.6 Å². The molecule has 0 aliphatic carbocycles. The van der Waals surface area contributed by atoms with Gasteiger partial charge >= 0.3 is 0 Å². The van der Waals surface area contributed by atoms with Crippen molar-refractivity contribution < 1.29 is 9.53 Å². The summed E-state index contributed by atoms with van der Waals surface area (Å²) in [6.45, 7) is 3.54. The van der Waals surface area contributed by atoms with E-state index in [1.807, 2.05) is 12.1 Å². The molecular formula is C22H23N7O2. The summed E-state index contributed by atoms with van der Waals surface area (Å²) in [5, 5.41) is 3.00. The van der Waals surface area contributed by atoms with Gasteiger partial charge in [0, 0.05) is 51.0 Å². The Balaban J connectivity index is 1.39. The van der Waals surface area contributed by atoms with Crippen LogP contribution in [0.3, 0.4) is 0 Å². The molecule has 0 spiro atoms. The molecule has 2 N–H and O–H groups in total. The third-order valence-electron chi connectivity index (χ3n) is 5.51. The van der Waals surface area contributed by atoms with E-state index in [9.17, 15) is 4.79 Å². The van der Waals surface area contributed by atoms with Gasteiger partial charge in [-0.3, -0.25) is 14.3 Å². The largest absolute Gasteiger partial charge is 0.383 e. The standard InChI is InChI=1S/C22H23N7O2/c1-31-11-10-28-8-5-15-12-17(3-2-16(15)13-28)25-21(30)20-19-18(4-6-24-19)26-22(27-20)29-9-7-23-14-29/h2-4,6-7,9,12,14,24H,5,8,10-11,13H2,1H3,(H,25,30). The first kappa shape index (κ1) is 19.4. The quantitative estimate of drug-likeness (QED) is 0.500. The third kappa shape index (κ3) is 3.92. The number of carbonyl (C=O) groups excluding carboxylic acids is 1. The number of rotatable bonds is 6. The summed E-state index contributed by atoms with van der Waals surface area (Å²) in [4.78, 5) is 31.6. The van der Waals surface area contributed by atoms with Crippen molar-refractivity contribution in [3.8, 4) is 5.95 Å². The van der Waals surface area contributed by atoms with Crippen LogP contribution >= 0.6 is 0 Å². The summed E-state index contributed by atoms with van der Waals surface area (Å²) in [6, 6.07) is 7.92. The van der Waals surface area contributed by atoms with Crippen LogP contribution in [-0.2, 0) is 17.7 Å². The number of carbonyl (C=O) groups is 1. The minimum Gasteiger partial charge on any atom is -0.383 e. The molecule has 4 heterocycles. The van der Waals surface area contributed by atoms with Crippen LogP contribution in [0.1, 0.15) is 21.6 Å². The molecule has 0 unspecified atom stereocenters. The van der Waals surface area contributed by atoms with Gasteiger partial charge in [0.15, 0.2) is 5.69 Å². The van der Waals surface area contributed by atoms with Crippen molar-refractivity contribution >= 4 is 22.6 Å². The summed E-state index contributed by atoms with van der Waals surface area (Å²) in [5.41, 5.74) is 4.88. The molecule has 0 saturated carbocycles. The van der Waals surface area contributed by atoms with Gasteiger partial charge < -0.3 is 15.0 Å². The van der Waals surface area contributed by atoms with Gasteiger partial charge in [-0.2, -0.15) is 0 Å². The Morgan fingerprint density at radius 3 is 3.03 bits per heavy atom. The van der Waals surface area contributed by atoms with Crippen molar-refractivity contribution in [2.24, 2.45) is 0 Å². The monoisotopic (exact) mass is 417 g/mol. The second-order valence-corrected chi connectivity index (χ2v) is 7.54. The lowest BCUT2D eigenvalue weighted by Gasteiger charge is -2.28. The Bertz CT molecular complexity index is 1220. The first-order valence-corrected chi connectivity index (χ1v) is 10.2. The lowest BCUT2D eigenvalue weighted by Crippen LogP contribution is -2.33. The van der Waals surface area contributed by atoms with Crippen LogP contribution in [0.15, 0.2) is 49.2 Å². The predicted molar refractivity (Wildman–Crippen MR) is 116 cm³/mol. The maximum Gasteiger partial charge on any atom is 0.276 e. The first-order valence-electron chi connectivity index (χ1n) is 10.2.